The van der Waals surface area contributed by atoms with Crippen molar-refractivity contribution < 1.29 is 28.8 Å². The van der Waals surface area contributed by atoms with Gasteiger partial charge in [0.25, 0.3) is 5.91 Å². The van der Waals surface area contributed by atoms with Crippen LogP contribution in [0.2, 0.25) is 0 Å². The molecule has 0 aromatic carbocycles. The molecule has 1 aromatic rings. The van der Waals surface area contributed by atoms with Gasteiger partial charge in [0.05, 0.1) is 17.8 Å². The molecule has 1 aromatic heterocycles. The first kappa shape index (κ1) is 35.2. The summed E-state index contributed by atoms with van der Waals surface area (Å²) in [6.07, 6.45) is 3.24. The Labute approximate surface area is 252 Å². The van der Waals surface area contributed by atoms with Crippen molar-refractivity contribution in [2.24, 2.45) is 17.1 Å². The van der Waals surface area contributed by atoms with Crippen LogP contribution in [-0.2, 0) is 19.2 Å². The molecule has 3 unspecified atom stereocenters. The highest BCUT2D eigenvalue weighted by Crippen LogP contribution is 2.34. The molecule has 2 fully saturated rings. The average Bonchev–Trinajstić information content (AvgIpc) is 3.64. The van der Waals surface area contributed by atoms with Gasteiger partial charge >= 0.3 is 6.03 Å². The zero-order valence-corrected chi connectivity index (χ0v) is 26.0. The van der Waals surface area contributed by atoms with E-state index in [0.717, 1.165) is 12.8 Å². The Hall–Kier alpha value is -4.03. The van der Waals surface area contributed by atoms with Crippen molar-refractivity contribution in [3.8, 4) is 0 Å². The number of primary amides is 1. The van der Waals surface area contributed by atoms with Gasteiger partial charge in [0.15, 0.2) is 0 Å². The predicted molar refractivity (Wildman–Crippen MR) is 160 cm³/mol. The molecule has 1 aliphatic heterocycles. The lowest BCUT2D eigenvalue weighted by Crippen LogP contribution is -2.60. The molecule has 1 saturated carbocycles. The molecule has 2 heterocycles. The summed E-state index contributed by atoms with van der Waals surface area (Å²) in [6.45, 7) is 11.2. The van der Waals surface area contributed by atoms with E-state index in [1.807, 2.05) is 13.8 Å². The Morgan fingerprint density at radius 2 is 1.65 bits per heavy atom. The number of likely N-dealkylation sites (tertiary alicyclic amines) is 1. The Morgan fingerprint density at radius 1 is 1.00 bits per heavy atom. The molecular weight excluding hydrogens is 556 g/mol. The topological polar surface area (TPSA) is 201 Å². The van der Waals surface area contributed by atoms with Crippen LogP contribution in [0.3, 0.4) is 0 Å². The first-order valence-corrected chi connectivity index (χ1v) is 15.0. The minimum Gasteiger partial charge on any atom is -0.363 e. The molecule has 3 rings (SSSR count). The van der Waals surface area contributed by atoms with Crippen molar-refractivity contribution >= 4 is 35.3 Å². The third kappa shape index (κ3) is 9.75. The lowest BCUT2D eigenvalue weighted by molar-refractivity contribution is -0.143. The summed E-state index contributed by atoms with van der Waals surface area (Å²) >= 11 is 0. The number of rotatable bonds is 12. The van der Waals surface area contributed by atoms with Crippen molar-refractivity contribution in [1.29, 1.82) is 0 Å². The Kier molecular flexibility index (Phi) is 12.6. The Morgan fingerprint density at radius 3 is 2.19 bits per heavy atom. The summed E-state index contributed by atoms with van der Waals surface area (Å²) in [6, 6.07) is -0.559. The fraction of sp³-hybridized carbons (Fsp3) is 0.633. The van der Waals surface area contributed by atoms with Crippen LogP contribution in [0.5, 0.6) is 0 Å². The molecule has 4 atom stereocenters. The zero-order chi connectivity index (χ0) is 32.5. The van der Waals surface area contributed by atoms with Crippen LogP contribution in [0, 0.1) is 11.3 Å². The fourth-order valence-corrected chi connectivity index (χ4v) is 4.94. The van der Waals surface area contributed by atoms with Crippen LogP contribution in [0.15, 0.2) is 23.0 Å². The number of H-pyrrole nitrogens is 1. The van der Waals surface area contributed by atoms with E-state index < -0.39 is 70.5 Å². The molecule has 0 radical (unpaired) electrons. The van der Waals surface area contributed by atoms with Gasteiger partial charge in [-0.05, 0) is 43.1 Å². The van der Waals surface area contributed by atoms with Crippen molar-refractivity contribution in [2.75, 3.05) is 6.54 Å². The normalized spacial score (nSPS) is 18.3. The summed E-state index contributed by atoms with van der Waals surface area (Å²) in [5.74, 6) is -3.29. The molecular formula is C30H46N6O7. The van der Waals surface area contributed by atoms with Crippen molar-refractivity contribution in [2.45, 2.75) is 104 Å². The van der Waals surface area contributed by atoms with E-state index in [-0.39, 0.29) is 24.6 Å². The van der Waals surface area contributed by atoms with Gasteiger partial charge in [0, 0.05) is 12.6 Å². The summed E-state index contributed by atoms with van der Waals surface area (Å²) in [5.41, 5.74) is 4.02. The highest BCUT2D eigenvalue weighted by molar-refractivity contribution is 6.37. The fourth-order valence-electron chi connectivity index (χ4n) is 4.94. The maximum Gasteiger partial charge on any atom is 0.316 e. The third-order valence-corrected chi connectivity index (χ3v) is 7.43. The number of carbonyl (C=O) groups is 6. The van der Waals surface area contributed by atoms with Crippen LogP contribution >= 0.6 is 0 Å². The second-order valence-electron chi connectivity index (χ2n) is 11.8. The number of nitrogens with one attached hydrogen (secondary N) is 4. The lowest BCUT2D eigenvalue weighted by Gasteiger charge is -2.36. The molecule has 5 amide bonds. The molecule has 2 aliphatic rings. The number of hydrogen-bond acceptors (Lipinski definition) is 7. The number of urea groups is 1. The molecule has 1 saturated heterocycles. The molecule has 13 nitrogen and oxygen atoms in total. The number of carbonyl (C=O) groups excluding carboxylic acids is 6. The van der Waals surface area contributed by atoms with Crippen LogP contribution < -0.4 is 27.2 Å². The minimum atomic E-state index is -1.12. The van der Waals surface area contributed by atoms with E-state index in [2.05, 4.69) is 20.9 Å². The molecule has 238 valence electrons. The van der Waals surface area contributed by atoms with Gasteiger partial charge in [-0.1, -0.05) is 60.5 Å². The highest BCUT2D eigenvalue weighted by atomic mass is 16.2. The average molecular weight is 603 g/mol. The number of ketones is 2. The van der Waals surface area contributed by atoms with Gasteiger partial charge in [-0.25, -0.2) is 4.79 Å². The SMILES string of the molecule is CC.CCC(NC(=O)NC(C(=O)N1CCC[C@H]1C(=O)NC(CC1CC1)C(=O)C(N)=O)C(C)(C)C)C(=O)c1cccc(=O)[nH]1. The number of Topliss-reactive ketones (excluding diaryl/α,β-unsaturated/α-hetero) is 2. The minimum absolute atomic E-state index is 0.0498. The first-order valence-electron chi connectivity index (χ1n) is 15.0. The van der Waals surface area contributed by atoms with Gasteiger partial charge < -0.3 is 31.6 Å². The maximum absolute atomic E-state index is 13.8. The molecule has 43 heavy (non-hydrogen) atoms. The van der Waals surface area contributed by atoms with E-state index >= 15 is 0 Å². The van der Waals surface area contributed by atoms with E-state index in [1.165, 1.54) is 23.1 Å². The summed E-state index contributed by atoms with van der Waals surface area (Å²) in [5, 5.41) is 7.89. The molecule has 6 N–H and O–H groups in total. The highest BCUT2D eigenvalue weighted by Gasteiger charge is 2.43. The number of amides is 5. The second kappa shape index (κ2) is 15.4. The van der Waals surface area contributed by atoms with E-state index in [4.69, 9.17) is 5.73 Å². The third-order valence-electron chi connectivity index (χ3n) is 7.43. The number of pyridine rings is 1. The maximum atomic E-state index is 13.8. The summed E-state index contributed by atoms with van der Waals surface area (Å²) in [7, 11) is 0. The first-order chi connectivity index (χ1) is 20.2. The molecule has 1 aliphatic carbocycles. The zero-order valence-electron chi connectivity index (χ0n) is 26.0. The van der Waals surface area contributed by atoms with Gasteiger partial charge in [0.2, 0.25) is 28.9 Å². The Bertz CT molecular complexity index is 1250. The molecule has 0 bridgehead atoms. The number of nitrogens with two attached hydrogens (primary N) is 1. The monoisotopic (exact) mass is 602 g/mol. The number of aromatic amines is 1. The van der Waals surface area contributed by atoms with E-state index in [1.54, 1.807) is 27.7 Å². The quantitative estimate of drug-likeness (QED) is 0.176. The molecule has 0 spiro atoms. The van der Waals surface area contributed by atoms with Crippen molar-refractivity contribution in [3.63, 3.8) is 0 Å². The largest absolute Gasteiger partial charge is 0.363 e. The van der Waals surface area contributed by atoms with Crippen molar-refractivity contribution in [3.05, 3.63) is 34.2 Å². The summed E-state index contributed by atoms with van der Waals surface area (Å²) in [4.78, 5) is 92.2. The predicted octanol–water partition coefficient (Wildman–Crippen LogP) is 1.41. The Balaban J connectivity index is 0.00000316. The molecule has 13 heteroatoms. The van der Waals surface area contributed by atoms with Crippen LogP contribution in [0.4, 0.5) is 4.79 Å². The standard InChI is InChI=1S/C28H40N6O7.C2H6/c1-5-16(21(36)17-8-6-10-20(35)30-17)32-27(41)33-23(28(2,3)4)26(40)34-13-7-9-19(34)25(39)31-18(14-15-11-12-15)22(37)24(29)38;1-2/h6,8,10,15-16,18-19,23H,5,7,9,11-14H2,1-4H3,(H2,29,38)(H,30,35)(H,31,39)(H2,32,33,41);1-2H3/t16?,18?,19-,23?;/m0./s1. The smallest absolute Gasteiger partial charge is 0.316 e. The van der Waals surface area contributed by atoms with Crippen LogP contribution in [0.25, 0.3) is 0 Å². The van der Waals surface area contributed by atoms with Gasteiger partial charge in [-0.2, -0.15) is 0 Å². The van der Waals surface area contributed by atoms with Gasteiger partial charge in [-0.3, -0.25) is 28.8 Å². The van der Waals surface area contributed by atoms with Gasteiger partial charge in [0.1, 0.15) is 12.1 Å². The van der Waals surface area contributed by atoms with Crippen molar-refractivity contribution in [1.82, 2.24) is 25.8 Å². The number of aromatic nitrogens is 1. The van der Waals surface area contributed by atoms with Crippen LogP contribution in [0.1, 0.15) is 90.6 Å². The second-order valence-corrected chi connectivity index (χ2v) is 11.8. The lowest BCUT2D eigenvalue weighted by atomic mass is 9.85. The van der Waals surface area contributed by atoms with Crippen LogP contribution in [-0.4, -0.2) is 75.9 Å². The summed E-state index contributed by atoms with van der Waals surface area (Å²) < 4.78 is 0. The van der Waals surface area contributed by atoms with E-state index in [9.17, 15) is 33.6 Å². The van der Waals surface area contributed by atoms with Gasteiger partial charge in [-0.15, -0.1) is 0 Å². The number of hydrogen-bond donors (Lipinski definition) is 5. The van der Waals surface area contributed by atoms with E-state index in [0.29, 0.717) is 19.3 Å². The number of nitrogens with zero attached hydrogens (tertiary/aromatic N) is 1.